The number of aliphatic hydroxyl groups excluding tert-OH is 1. The van der Waals surface area contributed by atoms with Crippen LogP contribution >= 0.6 is 0 Å². The van der Waals surface area contributed by atoms with Gasteiger partial charge in [0.25, 0.3) is 0 Å². The molecule has 1 saturated heterocycles. The first-order valence-electron chi connectivity index (χ1n) is 8.91. The number of aliphatic hydroxyl groups is 1. The van der Waals surface area contributed by atoms with Crippen LogP contribution < -0.4 is 0 Å². The summed E-state index contributed by atoms with van der Waals surface area (Å²) in [6.07, 6.45) is 3.28. The molecule has 4 nitrogen and oxygen atoms in total. The molecule has 1 aromatic carbocycles. The lowest BCUT2D eigenvalue weighted by Crippen LogP contribution is -2.38. The molecule has 1 fully saturated rings. The van der Waals surface area contributed by atoms with Crippen LogP contribution in [-0.2, 0) is 16.0 Å². The summed E-state index contributed by atoms with van der Waals surface area (Å²) in [6, 6.07) is 10.5. The van der Waals surface area contributed by atoms with Crippen LogP contribution in [0.15, 0.2) is 30.3 Å². The highest BCUT2D eigenvalue weighted by Gasteiger charge is 2.17. The summed E-state index contributed by atoms with van der Waals surface area (Å²) < 4.78 is 11.4. The molecule has 0 amide bonds. The smallest absolute Gasteiger partial charge is 0.157 e. The Morgan fingerprint density at radius 3 is 2.61 bits per heavy atom. The minimum atomic E-state index is -0.0400. The van der Waals surface area contributed by atoms with E-state index in [0.717, 1.165) is 32.5 Å². The molecule has 4 heteroatoms. The first kappa shape index (κ1) is 20.1. The third-order valence-electron chi connectivity index (χ3n) is 3.94. The van der Waals surface area contributed by atoms with Gasteiger partial charge in [0.15, 0.2) is 6.29 Å². The van der Waals surface area contributed by atoms with Crippen LogP contribution in [0, 0.1) is 0 Å². The molecule has 132 valence electrons. The number of rotatable bonds is 8. The molecule has 0 aromatic heterocycles. The van der Waals surface area contributed by atoms with E-state index in [-0.39, 0.29) is 18.9 Å². The van der Waals surface area contributed by atoms with Crippen molar-refractivity contribution in [3.8, 4) is 0 Å². The van der Waals surface area contributed by atoms with Crippen molar-refractivity contribution in [3.05, 3.63) is 35.9 Å². The molecule has 0 aliphatic carbocycles. The summed E-state index contributed by atoms with van der Waals surface area (Å²) >= 11 is 0. The Morgan fingerprint density at radius 2 is 2.00 bits per heavy atom. The summed E-state index contributed by atoms with van der Waals surface area (Å²) in [4.78, 5) is 2.25. The normalized spacial score (nSPS) is 19.1. The van der Waals surface area contributed by atoms with Crippen molar-refractivity contribution < 1.29 is 14.6 Å². The van der Waals surface area contributed by atoms with E-state index in [1.807, 2.05) is 39.0 Å². The van der Waals surface area contributed by atoms with Gasteiger partial charge in [-0.05, 0) is 31.7 Å². The largest absolute Gasteiger partial charge is 0.395 e. The summed E-state index contributed by atoms with van der Waals surface area (Å²) in [7, 11) is 0. The summed E-state index contributed by atoms with van der Waals surface area (Å²) in [5.74, 6) is 0. The molecule has 1 aliphatic heterocycles. The molecule has 23 heavy (non-hydrogen) atoms. The number of hydrogen-bond donors (Lipinski definition) is 1. The van der Waals surface area contributed by atoms with Crippen molar-refractivity contribution in [1.82, 2.24) is 4.90 Å². The number of hydrogen-bond acceptors (Lipinski definition) is 4. The lowest BCUT2D eigenvalue weighted by molar-refractivity contribution is -0.165. The summed E-state index contributed by atoms with van der Waals surface area (Å²) in [5.41, 5.74) is 1.26. The SMILES string of the molecule is CC.CC(CO)N(CCOC1CCCCO1)Cc1ccccc1. The second-order valence-electron chi connectivity index (χ2n) is 5.65. The average molecular weight is 323 g/mol. The summed E-state index contributed by atoms with van der Waals surface area (Å²) in [5, 5.41) is 9.42. The highest BCUT2D eigenvalue weighted by Crippen LogP contribution is 2.14. The summed E-state index contributed by atoms with van der Waals surface area (Å²) in [6.45, 7) is 9.29. The Kier molecular flexibility index (Phi) is 10.9. The van der Waals surface area contributed by atoms with Crippen LogP contribution in [0.3, 0.4) is 0 Å². The van der Waals surface area contributed by atoms with Gasteiger partial charge in [-0.1, -0.05) is 44.2 Å². The fraction of sp³-hybridized carbons (Fsp3) is 0.684. The van der Waals surface area contributed by atoms with Crippen LogP contribution in [0.4, 0.5) is 0 Å². The Bertz CT molecular complexity index is 379. The van der Waals surface area contributed by atoms with Crippen molar-refractivity contribution in [2.75, 3.05) is 26.4 Å². The first-order chi connectivity index (χ1) is 11.3. The van der Waals surface area contributed by atoms with E-state index in [4.69, 9.17) is 9.47 Å². The van der Waals surface area contributed by atoms with Crippen LogP contribution in [0.25, 0.3) is 0 Å². The van der Waals surface area contributed by atoms with Gasteiger partial charge in [0.1, 0.15) is 0 Å². The molecular weight excluding hydrogens is 290 g/mol. The van der Waals surface area contributed by atoms with Gasteiger partial charge in [-0.15, -0.1) is 0 Å². The van der Waals surface area contributed by atoms with Gasteiger partial charge in [0.2, 0.25) is 0 Å². The van der Waals surface area contributed by atoms with E-state index in [2.05, 4.69) is 17.0 Å². The average Bonchev–Trinajstić information content (AvgIpc) is 2.63. The fourth-order valence-electron chi connectivity index (χ4n) is 2.53. The van der Waals surface area contributed by atoms with Gasteiger partial charge < -0.3 is 14.6 Å². The molecule has 2 rings (SSSR count). The standard InChI is InChI=1S/C17H27NO3.C2H6/c1-15(14-19)18(13-16-7-3-2-4-8-16)10-12-21-17-9-5-6-11-20-17;1-2/h2-4,7-8,15,17,19H,5-6,9-14H2,1H3;1-2H3. The minimum Gasteiger partial charge on any atom is -0.395 e. The molecule has 2 atom stereocenters. The molecule has 0 radical (unpaired) electrons. The van der Waals surface area contributed by atoms with Crippen LogP contribution in [0.2, 0.25) is 0 Å². The predicted octanol–water partition coefficient (Wildman–Crippen LogP) is 3.44. The monoisotopic (exact) mass is 323 g/mol. The van der Waals surface area contributed by atoms with E-state index in [1.165, 1.54) is 12.0 Å². The maximum atomic E-state index is 9.42. The Morgan fingerprint density at radius 1 is 1.26 bits per heavy atom. The van der Waals surface area contributed by atoms with E-state index in [1.54, 1.807) is 0 Å². The molecule has 0 spiro atoms. The van der Waals surface area contributed by atoms with E-state index in [0.29, 0.717) is 6.61 Å². The zero-order valence-electron chi connectivity index (χ0n) is 14.9. The maximum Gasteiger partial charge on any atom is 0.157 e. The maximum absolute atomic E-state index is 9.42. The molecule has 1 N–H and O–H groups in total. The van der Waals surface area contributed by atoms with Crippen molar-refractivity contribution in [2.24, 2.45) is 0 Å². The highest BCUT2D eigenvalue weighted by atomic mass is 16.7. The van der Waals surface area contributed by atoms with Crippen LogP contribution in [-0.4, -0.2) is 48.7 Å². The predicted molar refractivity (Wildman–Crippen MR) is 94.3 cm³/mol. The van der Waals surface area contributed by atoms with Gasteiger partial charge in [-0.3, -0.25) is 4.90 Å². The second-order valence-corrected chi connectivity index (χ2v) is 5.65. The Hall–Kier alpha value is -0.940. The third kappa shape index (κ3) is 7.93. The fourth-order valence-corrected chi connectivity index (χ4v) is 2.53. The molecule has 1 aromatic rings. The van der Waals surface area contributed by atoms with Crippen molar-refractivity contribution in [1.29, 1.82) is 0 Å². The van der Waals surface area contributed by atoms with E-state index in [9.17, 15) is 5.11 Å². The second kappa shape index (κ2) is 12.5. The number of benzene rings is 1. The lowest BCUT2D eigenvalue weighted by Gasteiger charge is -2.29. The number of ether oxygens (including phenoxy) is 2. The molecule has 0 bridgehead atoms. The minimum absolute atomic E-state index is 0.0400. The first-order valence-corrected chi connectivity index (χ1v) is 8.91. The Balaban J connectivity index is 0.00000127. The quantitative estimate of drug-likeness (QED) is 0.796. The number of nitrogens with zero attached hydrogens (tertiary/aromatic N) is 1. The lowest BCUT2D eigenvalue weighted by atomic mass is 10.2. The van der Waals surface area contributed by atoms with Gasteiger partial charge in [-0.2, -0.15) is 0 Å². The highest BCUT2D eigenvalue weighted by molar-refractivity contribution is 5.14. The molecule has 1 heterocycles. The van der Waals surface area contributed by atoms with Gasteiger partial charge >= 0.3 is 0 Å². The zero-order chi connectivity index (χ0) is 16.9. The topological polar surface area (TPSA) is 41.9 Å². The van der Waals surface area contributed by atoms with Crippen molar-refractivity contribution >= 4 is 0 Å². The molecule has 1 aliphatic rings. The van der Waals surface area contributed by atoms with Gasteiger partial charge in [0, 0.05) is 25.7 Å². The zero-order valence-corrected chi connectivity index (χ0v) is 14.9. The van der Waals surface area contributed by atoms with Crippen molar-refractivity contribution in [2.45, 2.75) is 58.9 Å². The molecule has 0 saturated carbocycles. The molecule has 2 unspecified atom stereocenters. The van der Waals surface area contributed by atoms with Gasteiger partial charge in [-0.25, -0.2) is 0 Å². The van der Waals surface area contributed by atoms with Crippen LogP contribution in [0.1, 0.15) is 45.6 Å². The van der Waals surface area contributed by atoms with Gasteiger partial charge in [0.05, 0.1) is 13.2 Å². The Labute approximate surface area is 141 Å². The van der Waals surface area contributed by atoms with Crippen molar-refractivity contribution in [3.63, 3.8) is 0 Å². The van der Waals surface area contributed by atoms with E-state index >= 15 is 0 Å². The third-order valence-corrected chi connectivity index (χ3v) is 3.94. The van der Waals surface area contributed by atoms with E-state index < -0.39 is 0 Å². The van der Waals surface area contributed by atoms with Crippen LogP contribution in [0.5, 0.6) is 0 Å². The molecular formula is C19H33NO3.